The number of para-hydroxylation sites is 1. The molecule has 1 N–H and O–H groups in total. The summed E-state index contributed by atoms with van der Waals surface area (Å²) in [5, 5.41) is 8.58. The van der Waals surface area contributed by atoms with Crippen LogP contribution in [0, 0.1) is 12.8 Å². The highest BCUT2D eigenvalue weighted by atomic mass is 35.5. The van der Waals surface area contributed by atoms with Gasteiger partial charge in [-0.3, -0.25) is 4.79 Å². The summed E-state index contributed by atoms with van der Waals surface area (Å²) in [6.07, 6.45) is 1.20. The molecule has 4 aromatic rings. The predicted octanol–water partition coefficient (Wildman–Crippen LogP) is 4.48. The fraction of sp³-hybridized carbons (Fsp3) is 0.261. The summed E-state index contributed by atoms with van der Waals surface area (Å²) in [6.45, 7) is 2.34. The number of sulfonamides is 1. The molecule has 1 amide bonds. The number of anilines is 1. The maximum absolute atomic E-state index is 13.2. The van der Waals surface area contributed by atoms with Crippen LogP contribution in [0.3, 0.4) is 0 Å². The van der Waals surface area contributed by atoms with E-state index in [1.807, 2.05) is 31.2 Å². The van der Waals surface area contributed by atoms with Crippen LogP contribution >= 0.6 is 22.9 Å². The van der Waals surface area contributed by atoms with Gasteiger partial charge in [0, 0.05) is 24.2 Å². The van der Waals surface area contributed by atoms with Gasteiger partial charge in [0.05, 0.1) is 26.7 Å². The average Bonchev–Trinajstić information content (AvgIpc) is 3.42. The highest BCUT2D eigenvalue weighted by molar-refractivity contribution is 7.89. The van der Waals surface area contributed by atoms with Gasteiger partial charge in [0.2, 0.25) is 21.1 Å². The Balaban J connectivity index is 1.35. The van der Waals surface area contributed by atoms with Crippen molar-refractivity contribution in [3.05, 3.63) is 65.3 Å². The molecule has 1 atom stereocenters. The highest BCUT2D eigenvalue weighted by Crippen LogP contribution is 2.29. The van der Waals surface area contributed by atoms with E-state index in [0.717, 1.165) is 15.9 Å². The number of piperidine rings is 1. The molecule has 34 heavy (non-hydrogen) atoms. The minimum Gasteiger partial charge on any atom is -0.310 e. The van der Waals surface area contributed by atoms with Crippen molar-refractivity contribution in [2.24, 2.45) is 5.92 Å². The van der Waals surface area contributed by atoms with Crippen molar-refractivity contribution < 1.29 is 13.2 Å². The molecule has 0 aliphatic carbocycles. The summed E-state index contributed by atoms with van der Waals surface area (Å²) >= 11 is 7.38. The van der Waals surface area contributed by atoms with E-state index in [2.05, 4.69) is 15.4 Å². The summed E-state index contributed by atoms with van der Waals surface area (Å²) in [5.41, 5.74) is 1.61. The van der Waals surface area contributed by atoms with Gasteiger partial charge in [0.25, 0.3) is 0 Å². The summed E-state index contributed by atoms with van der Waals surface area (Å²) in [6, 6.07) is 15.7. The first-order valence-corrected chi connectivity index (χ1v) is 13.4. The van der Waals surface area contributed by atoms with E-state index >= 15 is 0 Å². The van der Waals surface area contributed by atoms with Crippen LogP contribution in [0.2, 0.25) is 5.02 Å². The molecule has 1 aliphatic rings. The number of amides is 1. The van der Waals surface area contributed by atoms with Crippen LogP contribution in [0.1, 0.15) is 18.5 Å². The van der Waals surface area contributed by atoms with Gasteiger partial charge in [-0.15, -0.1) is 0 Å². The number of hydrogen-bond acceptors (Lipinski definition) is 6. The van der Waals surface area contributed by atoms with Gasteiger partial charge in [0.15, 0.2) is 0 Å². The predicted molar refractivity (Wildman–Crippen MR) is 133 cm³/mol. The van der Waals surface area contributed by atoms with Crippen LogP contribution in [0.5, 0.6) is 0 Å². The Hall–Kier alpha value is -2.79. The van der Waals surface area contributed by atoms with Crippen molar-refractivity contribution in [1.29, 1.82) is 0 Å². The minimum atomic E-state index is -3.71. The van der Waals surface area contributed by atoms with E-state index in [0.29, 0.717) is 35.4 Å². The molecule has 0 bridgehead atoms. The van der Waals surface area contributed by atoms with Crippen molar-refractivity contribution in [1.82, 2.24) is 19.1 Å². The molecule has 1 unspecified atom stereocenters. The second kappa shape index (κ2) is 9.10. The number of nitrogens with one attached hydrogen (secondary N) is 1. The van der Waals surface area contributed by atoms with Gasteiger partial charge >= 0.3 is 0 Å². The number of aromatic nitrogens is 3. The number of rotatable bonds is 5. The molecule has 1 aliphatic heterocycles. The van der Waals surface area contributed by atoms with Crippen LogP contribution in [0.15, 0.2) is 59.5 Å². The zero-order valence-corrected chi connectivity index (χ0v) is 20.7. The van der Waals surface area contributed by atoms with Gasteiger partial charge in [-0.2, -0.15) is 14.1 Å². The van der Waals surface area contributed by atoms with Gasteiger partial charge in [-0.05, 0) is 56.2 Å². The van der Waals surface area contributed by atoms with E-state index in [4.69, 9.17) is 11.6 Å². The van der Waals surface area contributed by atoms with Crippen LogP contribution in [0.4, 0.5) is 5.82 Å². The Labute approximate surface area is 206 Å². The Morgan fingerprint density at radius 1 is 1.18 bits per heavy atom. The van der Waals surface area contributed by atoms with Gasteiger partial charge in [0.1, 0.15) is 5.82 Å². The summed E-state index contributed by atoms with van der Waals surface area (Å²) in [4.78, 5) is 18.0. The number of thiazole rings is 1. The highest BCUT2D eigenvalue weighted by Gasteiger charge is 2.33. The molecule has 0 saturated carbocycles. The van der Waals surface area contributed by atoms with Crippen molar-refractivity contribution in [3.63, 3.8) is 0 Å². The number of aryl methyl sites for hydroxylation is 1. The van der Waals surface area contributed by atoms with E-state index in [-0.39, 0.29) is 17.3 Å². The normalized spacial score (nSPS) is 17.2. The third-order valence-corrected chi connectivity index (χ3v) is 8.90. The lowest BCUT2D eigenvalue weighted by molar-refractivity contribution is -0.120. The SMILES string of the molecule is Cc1cc(NC(=O)C2CCCN(S(=O)(=O)c3ccc(Cl)cc3)C2)n(-c2nc3ccccc3s2)n1. The zero-order chi connectivity index (χ0) is 23.9. The summed E-state index contributed by atoms with van der Waals surface area (Å²) in [5.74, 6) is -0.202. The Kier molecular flexibility index (Phi) is 6.15. The average molecular weight is 516 g/mol. The zero-order valence-electron chi connectivity index (χ0n) is 18.3. The summed E-state index contributed by atoms with van der Waals surface area (Å²) < 4.78 is 30.2. The molecule has 3 heterocycles. The second-order valence-electron chi connectivity index (χ2n) is 8.19. The quantitative estimate of drug-likeness (QED) is 0.422. The molecule has 1 fully saturated rings. The molecule has 11 heteroatoms. The lowest BCUT2D eigenvalue weighted by atomic mass is 9.99. The van der Waals surface area contributed by atoms with Crippen molar-refractivity contribution in [3.8, 4) is 5.13 Å². The molecule has 2 aromatic heterocycles. The second-order valence-corrected chi connectivity index (χ2v) is 11.6. The fourth-order valence-electron chi connectivity index (χ4n) is 4.04. The minimum absolute atomic E-state index is 0.116. The lowest BCUT2D eigenvalue weighted by Crippen LogP contribution is -2.43. The van der Waals surface area contributed by atoms with E-state index in [1.165, 1.54) is 27.8 Å². The Morgan fingerprint density at radius 3 is 2.71 bits per heavy atom. The fourth-order valence-corrected chi connectivity index (χ4v) is 6.62. The van der Waals surface area contributed by atoms with E-state index in [9.17, 15) is 13.2 Å². The van der Waals surface area contributed by atoms with Gasteiger partial charge in [-0.25, -0.2) is 13.4 Å². The standard InChI is InChI=1S/C23H22ClN5O3S2/c1-15-13-21(29(27-15)23-25-19-6-2-3-7-20(19)33-23)26-22(30)16-5-4-12-28(14-16)34(31,32)18-10-8-17(24)9-11-18/h2-3,6-11,13,16H,4-5,12,14H2,1H3,(H,26,30). The number of halogens is 1. The molecular formula is C23H22ClN5O3S2. The van der Waals surface area contributed by atoms with Gasteiger partial charge < -0.3 is 5.32 Å². The van der Waals surface area contributed by atoms with Crippen molar-refractivity contribution in [2.45, 2.75) is 24.7 Å². The number of benzene rings is 2. The number of carbonyl (C=O) groups excluding carboxylic acids is 1. The first-order valence-electron chi connectivity index (χ1n) is 10.8. The topological polar surface area (TPSA) is 97.2 Å². The van der Waals surface area contributed by atoms with Crippen LogP contribution in [0.25, 0.3) is 15.3 Å². The molecule has 5 rings (SSSR count). The number of carbonyl (C=O) groups is 1. The van der Waals surface area contributed by atoms with Crippen LogP contribution in [-0.4, -0.2) is 46.5 Å². The third-order valence-electron chi connectivity index (χ3n) is 5.75. The first-order chi connectivity index (χ1) is 16.3. The van der Waals surface area contributed by atoms with Gasteiger partial charge in [-0.1, -0.05) is 35.1 Å². The van der Waals surface area contributed by atoms with Crippen molar-refractivity contribution in [2.75, 3.05) is 18.4 Å². The maximum Gasteiger partial charge on any atom is 0.243 e. The van der Waals surface area contributed by atoms with Crippen LogP contribution in [-0.2, 0) is 14.8 Å². The molecule has 8 nitrogen and oxygen atoms in total. The third kappa shape index (κ3) is 4.46. The van der Waals surface area contributed by atoms with Crippen molar-refractivity contribution >= 4 is 54.9 Å². The molecule has 0 radical (unpaired) electrons. The molecule has 0 spiro atoms. The molecule has 176 valence electrons. The smallest absolute Gasteiger partial charge is 0.243 e. The maximum atomic E-state index is 13.2. The molecular weight excluding hydrogens is 494 g/mol. The number of nitrogens with zero attached hydrogens (tertiary/aromatic N) is 4. The summed E-state index contributed by atoms with van der Waals surface area (Å²) in [7, 11) is -3.71. The van der Waals surface area contributed by atoms with E-state index in [1.54, 1.807) is 22.9 Å². The number of fused-ring (bicyclic) bond motifs is 1. The Morgan fingerprint density at radius 2 is 1.94 bits per heavy atom. The monoisotopic (exact) mass is 515 g/mol. The molecule has 1 saturated heterocycles. The molecule has 2 aromatic carbocycles. The van der Waals surface area contributed by atoms with E-state index < -0.39 is 15.9 Å². The first kappa shape index (κ1) is 23.0. The van der Waals surface area contributed by atoms with Crippen LogP contribution < -0.4 is 5.32 Å². The largest absolute Gasteiger partial charge is 0.310 e. The lowest BCUT2D eigenvalue weighted by Gasteiger charge is -2.31. The number of hydrogen-bond donors (Lipinski definition) is 1. The Bertz CT molecular complexity index is 1430.